The van der Waals surface area contributed by atoms with Crippen LogP contribution >= 0.6 is 11.3 Å². The number of aromatic nitrogens is 1. The number of halogens is 1. The molecule has 0 atom stereocenters. The van der Waals surface area contributed by atoms with Crippen molar-refractivity contribution in [1.29, 1.82) is 0 Å². The molecule has 2 fully saturated rings. The standard InChI is InChI=1S/C22H26FN3O2S/c1-15-20(29-21(24-15)17-4-6-18(23)7-5-17)22(28)26-12-8-16(9-13-26)14-19(27)25-10-2-3-11-25/h4-7,16H,2-3,8-14H2,1H3. The largest absolute Gasteiger partial charge is 0.343 e. The van der Waals surface area contributed by atoms with E-state index in [-0.39, 0.29) is 17.6 Å². The van der Waals surface area contributed by atoms with Gasteiger partial charge in [0.05, 0.1) is 5.69 Å². The fourth-order valence-electron chi connectivity index (χ4n) is 4.14. The van der Waals surface area contributed by atoms with Crippen molar-refractivity contribution >= 4 is 23.2 Å². The highest BCUT2D eigenvalue weighted by molar-refractivity contribution is 7.17. The first-order valence-corrected chi connectivity index (χ1v) is 11.1. The maximum atomic E-state index is 13.2. The molecule has 2 saturated heterocycles. The summed E-state index contributed by atoms with van der Waals surface area (Å²) in [4.78, 5) is 34.4. The van der Waals surface area contributed by atoms with E-state index in [1.807, 2.05) is 16.7 Å². The van der Waals surface area contributed by atoms with Gasteiger partial charge in [-0.05, 0) is 62.8 Å². The normalized spacial score (nSPS) is 17.7. The molecule has 2 aliphatic heterocycles. The summed E-state index contributed by atoms with van der Waals surface area (Å²) >= 11 is 1.36. The van der Waals surface area contributed by atoms with Crippen LogP contribution in [0.25, 0.3) is 10.6 Å². The number of amides is 2. The van der Waals surface area contributed by atoms with Gasteiger partial charge in [-0.1, -0.05) is 0 Å². The average molecular weight is 416 g/mol. The van der Waals surface area contributed by atoms with Gasteiger partial charge < -0.3 is 9.80 Å². The van der Waals surface area contributed by atoms with Crippen molar-refractivity contribution in [3.05, 3.63) is 40.7 Å². The number of carbonyl (C=O) groups excluding carboxylic acids is 2. The molecule has 3 heterocycles. The molecule has 0 saturated carbocycles. The lowest BCUT2D eigenvalue weighted by Crippen LogP contribution is -2.40. The van der Waals surface area contributed by atoms with E-state index >= 15 is 0 Å². The maximum absolute atomic E-state index is 13.2. The van der Waals surface area contributed by atoms with Crippen LogP contribution in [-0.2, 0) is 4.79 Å². The molecule has 2 aliphatic rings. The molecule has 2 aromatic rings. The van der Waals surface area contributed by atoms with Crippen LogP contribution in [0.2, 0.25) is 0 Å². The number of carbonyl (C=O) groups is 2. The van der Waals surface area contributed by atoms with Crippen molar-refractivity contribution in [2.45, 2.75) is 39.0 Å². The summed E-state index contributed by atoms with van der Waals surface area (Å²) in [6, 6.07) is 6.18. The molecule has 0 bridgehead atoms. The first kappa shape index (κ1) is 20.0. The van der Waals surface area contributed by atoms with E-state index in [0.29, 0.717) is 36.0 Å². The molecule has 29 heavy (non-hydrogen) atoms. The van der Waals surface area contributed by atoms with Crippen molar-refractivity contribution in [2.24, 2.45) is 5.92 Å². The summed E-state index contributed by atoms with van der Waals surface area (Å²) in [6.07, 6.45) is 4.58. The number of nitrogens with zero attached hydrogens (tertiary/aromatic N) is 3. The number of piperidine rings is 1. The maximum Gasteiger partial charge on any atom is 0.265 e. The topological polar surface area (TPSA) is 53.5 Å². The Morgan fingerprint density at radius 3 is 2.38 bits per heavy atom. The Bertz CT molecular complexity index is 882. The minimum atomic E-state index is -0.288. The monoisotopic (exact) mass is 415 g/mol. The number of rotatable bonds is 4. The van der Waals surface area contributed by atoms with E-state index in [9.17, 15) is 14.0 Å². The van der Waals surface area contributed by atoms with Crippen molar-refractivity contribution in [3.8, 4) is 10.6 Å². The van der Waals surface area contributed by atoms with Crippen LogP contribution in [0.5, 0.6) is 0 Å². The molecule has 4 rings (SSSR count). The second kappa shape index (κ2) is 8.61. The first-order chi connectivity index (χ1) is 14.0. The molecule has 0 radical (unpaired) electrons. The number of likely N-dealkylation sites (tertiary alicyclic amines) is 2. The Hall–Kier alpha value is -2.28. The van der Waals surface area contributed by atoms with Gasteiger partial charge in [-0.25, -0.2) is 9.37 Å². The third kappa shape index (κ3) is 4.50. The van der Waals surface area contributed by atoms with E-state index in [1.54, 1.807) is 12.1 Å². The smallest absolute Gasteiger partial charge is 0.265 e. The summed E-state index contributed by atoms with van der Waals surface area (Å²) in [6.45, 7) is 5.01. The van der Waals surface area contributed by atoms with Crippen LogP contribution < -0.4 is 0 Å². The van der Waals surface area contributed by atoms with Crippen molar-refractivity contribution in [3.63, 3.8) is 0 Å². The predicted octanol–water partition coefficient (Wildman–Crippen LogP) is 4.12. The highest BCUT2D eigenvalue weighted by atomic mass is 32.1. The highest BCUT2D eigenvalue weighted by Crippen LogP contribution is 2.30. The van der Waals surface area contributed by atoms with E-state index in [0.717, 1.165) is 49.3 Å². The second-order valence-corrected chi connectivity index (χ2v) is 8.97. The minimum absolute atomic E-state index is 0.0117. The predicted molar refractivity (Wildman–Crippen MR) is 111 cm³/mol. The molecule has 5 nitrogen and oxygen atoms in total. The fraction of sp³-hybridized carbons (Fsp3) is 0.500. The van der Waals surface area contributed by atoms with Gasteiger partial charge in [0.2, 0.25) is 5.91 Å². The van der Waals surface area contributed by atoms with Gasteiger partial charge in [0, 0.05) is 38.2 Å². The van der Waals surface area contributed by atoms with Crippen LogP contribution in [0.15, 0.2) is 24.3 Å². The van der Waals surface area contributed by atoms with Crippen LogP contribution in [0.3, 0.4) is 0 Å². The number of thiazole rings is 1. The highest BCUT2D eigenvalue weighted by Gasteiger charge is 2.29. The van der Waals surface area contributed by atoms with Crippen LogP contribution in [0.4, 0.5) is 4.39 Å². The van der Waals surface area contributed by atoms with Crippen LogP contribution in [-0.4, -0.2) is 52.8 Å². The lowest BCUT2D eigenvalue weighted by Gasteiger charge is -2.32. The Labute approximate surface area is 174 Å². The summed E-state index contributed by atoms with van der Waals surface area (Å²) in [5.41, 5.74) is 1.53. The molecule has 7 heteroatoms. The Balaban J connectivity index is 1.36. The van der Waals surface area contributed by atoms with Gasteiger partial charge in [-0.15, -0.1) is 11.3 Å². The molecule has 0 N–H and O–H groups in total. The molecule has 2 amide bonds. The number of benzene rings is 1. The van der Waals surface area contributed by atoms with Crippen molar-refractivity contribution < 1.29 is 14.0 Å². The summed E-state index contributed by atoms with van der Waals surface area (Å²) in [5, 5.41) is 0.733. The van der Waals surface area contributed by atoms with E-state index in [2.05, 4.69) is 4.98 Å². The average Bonchev–Trinajstić information content (AvgIpc) is 3.39. The zero-order valence-electron chi connectivity index (χ0n) is 16.7. The lowest BCUT2D eigenvalue weighted by molar-refractivity contribution is -0.131. The van der Waals surface area contributed by atoms with Crippen molar-refractivity contribution in [2.75, 3.05) is 26.2 Å². The summed E-state index contributed by atoms with van der Waals surface area (Å²) in [5.74, 6) is 0.362. The third-order valence-electron chi connectivity index (χ3n) is 5.91. The lowest BCUT2D eigenvalue weighted by atomic mass is 9.93. The van der Waals surface area contributed by atoms with Gasteiger partial charge >= 0.3 is 0 Å². The molecular weight excluding hydrogens is 389 g/mol. The number of aryl methyl sites for hydroxylation is 1. The second-order valence-electron chi connectivity index (χ2n) is 7.97. The van der Waals surface area contributed by atoms with Gasteiger partial charge in [0.1, 0.15) is 15.7 Å². The van der Waals surface area contributed by atoms with Gasteiger partial charge in [-0.3, -0.25) is 9.59 Å². The SMILES string of the molecule is Cc1nc(-c2ccc(F)cc2)sc1C(=O)N1CCC(CC(=O)N2CCCC2)CC1. The van der Waals surface area contributed by atoms with Gasteiger partial charge in [0.25, 0.3) is 5.91 Å². The van der Waals surface area contributed by atoms with Gasteiger partial charge in [-0.2, -0.15) is 0 Å². The molecule has 0 unspecified atom stereocenters. The van der Waals surface area contributed by atoms with E-state index in [1.165, 1.54) is 23.5 Å². The fourth-order valence-corrected chi connectivity index (χ4v) is 5.18. The zero-order chi connectivity index (χ0) is 20.4. The third-order valence-corrected chi connectivity index (χ3v) is 7.10. The summed E-state index contributed by atoms with van der Waals surface area (Å²) in [7, 11) is 0. The van der Waals surface area contributed by atoms with E-state index < -0.39 is 0 Å². The first-order valence-electron chi connectivity index (χ1n) is 10.3. The van der Waals surface area contributed by atoms with E-state index in [4.69, 9.17) is 0 Å². The van der Waals surface area contributed by atoms with Crippen LogP contribution in [0.1, 0.15) is 47.5 Å². The number of hydrogen-bond donors (Lipinski definition) is 0. The quantitative estimate of drug-likeness (QED) is 0.755. The Morgan fingerprint density at radius 1 is 1.07 bits per heavy atom. The van der Waals surface area contributed by atoms with Crippen molar-refractivity contribution in [1.82, 2.24) is 14.8 Å². The molecule has 0 aliphatic carbocycles. The number of hydrogen-bond acceptors (Lipinski definition) is 4. The van der Waals surface area contributed by atoms with Crippen LogP contribution in [0, 0.1) is 18.7 Å². The summed E-state index contributed by atoms with van der Waals surface area (Å²) < 4.78 is 13.2. The zero-order valence-corrected chi connectivity index (χ0v) is 17.5. The Morgan fingerprint density at radius 2 is 1.72 bits per heavy atom. The molecule has 1 aromatic heterocycles. The Kier molecular flexibility index (Phi) is 5.94. The molecule has 0 spiro atoms. The van der Waals surface area contributed by atoms with Gasteiger partial charge in [0.15, 0.2) is 0 Å². The minimum Gasteiger partial charge on any atom is -0.343 e. The molecular formula is C22H26FN3O2S. The molecule has 1 aromatic carbocycles. The molecule has 154 valence electrons.